The number of hydrogen-bond donors (Lipinski definition) is 3. The summed E-state index contributed by atoms with van der Waals surface area (Å²) in [5.74, 6) is -0.276. The molecule has 2 aromatic carbocycles. The molecule has 3 heterocycles. The SMILES string of the molecule is CCN(CC)CCNC(=O)c1c(C)[nH]c(/C=C2\C(=O)Nc3c2cccc3-c2csc(-c3ccccc3)n2)c1C. The molecule has 0 unspecified atom stereocenters. The smallest absolute Gasteiger partial charge is 0.256 e. The maximum atomic E-state index is 13.1. The van der Waals surface area contributed by atoms with Gasteiger partial charge in [-0.1, -0.05) is 62.4 Å². The summed E-state index contributed by atoms with van der Waals surface area (Å²) in [6.45, 7) is 11.3. The molecule has 0 fully saturated rings. The topological polar surface area (TPSA) is 90.1 Å². The van der Waals surface area contributed by atoms with Crippen LogP contribution in [0.2, 0.25) is 0 Å². The fourth-order valence-electron chi connectivity index (χ4n) is 5.04. The van der Waals surface area contributed by atoms with Crippen molar-refractivity contribution in [1.82, 2.24) is 20.2 Å². The minimum atomic E-state index is -0.173. The molecule has 200 valence electrons. The Balaban J connectivity index is 1.42. The Hall–Kier alpha value is -4.01. The van der Waals surface area contributed by atoms with Gasteiger partial charge in [0.25, 0.3) is 11.8 Å². The van der Waals surface area contributed by atoms with E-state index in [4.69, 9.17) is 4.98 Å². The number of nitrogens with zero attached hydrogens (tertiary/aromatic N) is 2. The lowest BCUT2D eigenvalue weighted by Crippen LogP contribution is -2.35. The zero-order chi connectivity index (χ0) is 27.5. The van der Waals surface area contributed by atoms with Crippen molar-refractivity contribution in [2.75, 3.05) is 31.5 Å². The number of benzene rings is 2. The summed E-state index contributed by atoms with van der Waals surface area (Å²) >= 11 is 1.58. The van der Waals surface area contributed by atoms with E-state index in [1.165, 1.54) is 0 Å². The second kappa shape index (κ2) is 11.4. The Morgan fingerprint density at radius 3 is 2.54 bits per heavy atom. The number of amides is 2. The Morgan fingerprint density at radius 1 is 1.05 bits per heavy atom. The molecule has 0 atom stereocenters. The molecule has 0 aliphatic carbocycles. The summed E-state index contributed by atoms with van der Waals surface area (Å²) < 4.78 is 0. The average Bonchev–Trinajstić information content (AvgIpc) is 3.63. The van der Waals surface area contributed by atoms with Gasteiger partial charge in [0.1, 0.15) is 5.01 Å². The molecule has 2 aromatic heterocycles. The van der Waals surface area contributed by atoms with Gasteiger partial charge in [0.2, 0.25) is 0 Å². The first-order chi connectivity index (χ1) is 18.9. The summed E-state index contributed by atoms with van der Waals surface area (Å²) in [6.07, 6.45) is 1.84. The quantitative estimate of drug-likeness (QED) is 0.228. The van der Waals surface area contributed by atoms with Gasteiger partial charge in [0.05, 0.1) is 22.5 Å². The molecule has 0 saturated carbocycles. The Bertz CT molecular complexity index is 1550. The molecule has 1 aliphatic rings. The van der Waals surface area contributed by atoms with Crippen molar-refractivity contribution in [3.05, 3.63) is 82.0 Å². The number of carbonyl (C=O) groups is 2. The van der Waals surface area contributed by atoms with Gasteiger partial charge < -0.3 is 20.5 Å². The van der Waals surface area contributed by atoms with E-state index in [0.717, 1.165) is 69.7 Å². The van der Waals surface area contributed by atoms with Crippen molar-refractivity contribution < 1.29 is 9.59 Å². The van der Waals surface area contributed by atoms with Crippen molar-refractivity contribution in [1.29, 1.82) is 0 Å². The first-order valence-corrected chi connectivity index (χ1v) is 14.2. The standard InChI is InChI=1S/C31H33N5O2S/c1-5-36(6-2)16-15-32-30(38)27-19(3)25(33-20(27)4)17-24-22-13-10-14-23(28(22)35-29(24)37)26-18-39-31(34-26)21-11-8-7-9-12-21/h7-14,17-18,33H,5-6,15-16H2,1-4H3,(H,32,38)(H,35,37)/b24-17-. The molecular weight excluding hydrogens is 506 g/mol. The second-order valence-corrected chi connectivity index (χ2v) is 10.4. The number of aromatic nitrogens is 2. The van der Waals surface area contributed by atoms with Crippen LogP contribution in [-0.2, 0) is 4.79 Å². The predicted molar refractivity (Wildman–Crippen MR) is 160 cm³/mol. The number of hydrogen-bond acceptors (Lipinski definition) is 5. The van der Waals surface area contributed by atoms with Gasteiger partial charge in [-0.3, -0.25) is 9.59 Å². The van der Waals surface area contributed by atoms with Gasteiger partial charge in [-0.25, -0.2) is 4.98 Å². The normalized spacial score (nSPS) is 13.7. The number of aromatic amines is 1. The molecule has 8 heteroatoms. The number of aryl methyl sites for hydroxylation is 1. The fraction of sp³-hybridized carbons (Fsp3) is 0.258. The molecule has 0 radical (unpaired) electrons. The van der Waals surface area contributed by atoms with Crippen LogP contribution in [0.5, 0.6) is 0 Å². The van der Waals surface area contributed by atoms with E-state index >= 15 is 0 Å². The molecule has 39 heavy (non-hydrogen) atoms. The lowest BCUT2D eigenvalue weighted by molar-refractivity contribution is -0.110. The van der Waals surface area contributed by atoms with Crippen LogP contribution in [0, 0.1) is 13.8 Å². The third kappa shape index (κ3) is 5.30. The van der Waals surface area contributed by atoms with E-state index in [1.54, 1.807) is 11.3 Å². The van der Waals surface area contributed by atoms with Gasteiger partial charge in [-0.2, -0.15) is 0 Å². The van der Waals surface area contributed by atoms with E-state index in [2.05, 4.69) is 34.4 Å². The van der Waals surface area contributed by atoms with Gasteiger partial charge in [0.15, 0.2) is 0 Å². The van der Waals surface area contributed by atoms with Gasteiger partial charge in [-0.05, 0) is 38.6 Å². The van der Waals surface area contributed by atoms with Crippen LogP contribution in [0.4, 0.5) is 5.69 Å². The zero-order valence-corrected chi connectivity index (χ0v) is 23.5. The second-order valence-electron chi connectivity index (χ2n) is 9.59. The highest BCUT2D eigenvalue weighted by molar-refractivity contribution is 7.13. The highest BCUT2D eigenvalue weighted by atomic mass is 32.1. The van der Waals surface area contributed by atoms with Crippen LogP contribution >= 0.6 is 11.3 Å². The summed E-state index contributed by atoms with van der Waals surface area (Å²) in [7, 11) is 0. The molecule has 0 saturated heterocycles. The monoisotopic (exact) mass is 539 g/mol. The average molecular weight is 540 g/mol. The number of thiazole rings is 1. The highest BCUT2D eigenvalue weighted by Crippen LogP contribution is 2.41. The first-order valence-electron chi connectivity index (χ1n) is 13.3. The Kier molecular flexibility index (Phi) is 7.77. The number of anilines is 1. The Morgan fingerprint density at radius 2 is 1.79 bits per heavy atom. The zero-order valence-electron chi connectivity index (χ0n) is 22.7. The van der Waals surface area contributed by atoms with Gasteiger partial charge >= 0.3 is 0 Å². The Labute approximate surface area is 233 Å². The predicted octanol–water partition coefficient (Wildman–Crippen LogP) is 5.99. The minimum absolute atomic E-state index is 0.102. The van der Waals surface area contributed by atoms with Crippen molar-refractivity contribution in [3.8, 4) is 21.8 Å². The van der Waals surface area contributed by atoms with E-state index in [0.29, 0.717) is 17.7 Å². The lowest BCUT2D eigenvalue weighted by atomic mass is 10.0. The third-order valence-electron chi connectivity index (χ3n) is 7.24. The number of carbonyl (C=O) groups excluding carboxylic acids is 2. The summed E-state index contributed by atoms with van der Waals surface area (Å²) in [5.41, 5.74) is 7.91. The van der Waals surface area contributed by atoms with Crippen LogP contribution in [-0.4, -0.2) is 52.9 Å². The van der Waals surface area contributed by atoms with Crippen molar-refractivity contribution in [2.24, 2.45) is 0 Å². The van der Waals surface area contributed by atoms with Crippen LogP contribution in [0.25, 0.3) is 33.5 Å². The van der Waals surface area contributed by atoms with Gasteiger partial charge in [-0.15, -0.1) is 11.3 Å². The first kappa shape index (κ1) is 26.6. The third-order valence-corrected chi connectivity index (χ3v) is 8.13. The summed E-state index contributed by atoms with van der Waals surface area (Å²) in [4.78, 5) is 36.6. The van der Waals surface area contributed by atoms with Crippen LogP contribution in [0.3, 0.4) is 0 Å². The molecule has 1 aliphatic heterocycles. The van der Waals surface area contributed by atoms with Crippen LogP contribution < -0.4 is 10.6 Å². The fourth-order valence-corrected chi connectivity index (χ4v) is 5.87. The molecule has 7 nitrogen and oxygen atoms in total. The molecule has 4 aromatic rings. The molecule has 3 N–H and O–H groups in total. The number of para-hydroxylation sites is 1. The van der Waals surface area contributed by atoms with E-state index in [-0.39, 0.29) is 11.8 Å². The summed E-state index contributed by atoms with van der Waals surface area (Å²) in [6, 6.07) is 15.9. The van der Waals surface area contributed by atoms with Crippen molar-refractivity contribution >= 4 is 40.5 Å². The maximum absolute atomic E-state index is 13.1. The van der Waals surface area contributed by atoms with E-state index in [1.807, 2.05) is 73.8 Å². The number of nitrogens with one attached hydrogen (secondary N) is 3. The van der Waals surface area contributed by atoms with E-state index in [9.17, 15) is 9.59 Å². The molecule has 0 bridgehead atoms. The lowest BCUT2D eigenvalue weighted by Gasteiger charge is -2.18. The number of rotatable bonds is 9. The largest absolute Gasteiger partial charge is 0.358 e. The van der Waals surface area contributed by atoms with Crippen molar-refractivity contribution in [2.45, 2.75) is 27.7 Å². The summed E-state index contributed by atoms with van der Waals surface area (Å²) in [5, 5.41) is 9.06. The van der Waals surface area contributed by atoms with E-state index < -0.39 is 0 Å². The molecule has 5 rings (SSSR count). The maximum Gasteiger partial charge on any atom is 0.256 e. The van der Waals surface area contributed by atoms with Crippen LogP contribution in [0.15, 0.2) is 53.9 Å². The van der Waals surface area contributed by atoms with Crippen LogP contribution in [0.1, 0.15) is 46.7 Å². The van der Waals surface area contributed by atoms with Gasteiger partial charge in [0, 0.05) is 46.5 Å². The van der Waals surface area contributed by atoms with Crippen molar-refractivity contribution in [3.63, 3.8) is 0 Å². The number of H-pyrrole nitrogens is 1. The highest BCUT2D eigenvalue weighted by Gasteiger charge is 2.28. The number of fused-ring (bicyclic) bond motifs is 1. The molecule has 0 spiro atoms. The molecular formula is C31H33N5O2S. The number of likely N-dealkylation sites (N-methyl/N-ethyl adjacent to an activating group) is 1. The molecule has 2 amide bonds. The minimum Gasteiger partial charge on any atom is -0.358 e.